The zero-order valence-corrected chi connectivity index (χ0v) is 12.1. The number of fused-ring (bicyclic) bond motifs is 1. The molecule has 0 aliphatic heterocycles. The molecular formula is C17H17N3O. The first-order valence-corrected chi connectivity index (χ1v) is 6.91. The topological polar surface area (TPSA) is 49.0 Å². The van der Waals surface area contributed by atoms with Gasteiger partial charge >= 0.3 is 0 Å². The lowest BCUT2D eigenvalue weighted by Gasteiger charge is -2.24. The largest absolute Gasteiger partial charge is 0.351 e. The van der Waals surface area contributed by atoms with Crippen LogP contribution in [0.3, 0.4) is 0 Å². The monoisotopic (exact) mass is 279 g/mol. The van der Waals surface area contributed by atoms with Gasteiger partial charge in [0.2, 0.25) is 0 Å². The molecule has 1 N–H and O–H groups in total. The van der Waals surface area contributed by atoms with E-state index < -0.39 is 0 Å². The smallest absolute Gasteiger partial charge is 0.270 e. The van der Waals surface area contributed by atoms with Crippen LogP contribution in [0.15, 0.2) is 54.9 Å². The van der Waals surface area contributed by atoms with Gasteiger partial charge in [0.25, 0.3) is 5.91 Å². The number of H-pyrrole nitrogens is 1. The zero-order chi connectivity index (χ0) is 14.8. The fourth-order valence-corrected chi connectivity index (χ4v) is 2.42. The van der Waals surface area contributed by atoms with Crippen LogP contribution in [0.4, 0.5) is 0 Å². The van der Waals surface area contributed by atoms with Crippen molar-refractivity contribution in [3.63, 3.8) is 0 Å². The van der Waals surface area contributed by atoms with Crippen molar-refractivity contribution in [3.05, 3.63) is 66.1 Å². The van der Waals surface area contributed by atoms with Gasteiger partial charge in [0.1, 0.15) is 5.69 Å². The maximum absolute atomic E-state index is 12.6. The van der Waals surface area contributed by atoms with E-state index in [4.69, 9.17) is 0 Å². The molecule has 1 aromatic carbocycles. The van der Waals surface area contributed by atoms with Gasteiger partial charge in [0.15, 0.2) is 0 Å². The number of hydrogen-bond donors (Lipinski definition) is 1. The Balaban J connectivity index is 1.87. The minimum atomic E-state index is -0.0180. The van der Waals surface area contributed by atoms with E-state index in [1.165, 1.54) is 0 Å². The maximum atomic E-state index is 12.6. The molecule has 4 nitrogen and oxygen atoms in total. The molecule has 1 atom stereocenters. The number of para-hydroxylation sites is 1. The molecule has 0 aliphatic carbocycles. The summed E-state index contributed by atoms with van der Waals surface area (Å²) in [6, 6.07) is 13.6. The van der Waals surface area contributed by atoms with Gasteiger partial charge in [-0.2, -0.15) is 0 Å². The van der Waals surface area contributed by atoms with Crippen molar-refractivity contribution in [2.45, 2.75) is 13.0 Å². The molecule has 0 bridgehead atoms. The van der Waals surface area contributed by atoms with E-state index in [2.05, 4.69) is 9.97 Å². The molecule has 0 radical (unpaired) electrons. The first kappa shape index (κ1) is 13.4. The van der Waals surface area contributed by atoms with Crippen LogP contribution in [0.2, 0.25) is 0 Å². The molecular weight excluding hydrogens is 262 g/mol. The third-order valence-corrected chi connectivity index (χ3v) is 3.85. The first-order valence-electron chi connectivity index (χ1n) is 6.91. The van der Waals surface area contributed by atoms with Crippen molar-refractivity contribution in [3.8, 4) is 0 Å². The summed E-state index contributed by atoms with van der Waals surface area (Å²) in [6.45, 7) is 2.01. The van der Waals surface area contributed by atoms with Crippen molar-refractivity contribution in [1.82, 2.24) is 14.9 Å². The third kappa shape index (κ3) is 2.52. The van der Waals surface area contributed by atoms with E-state index in [0.29, 0.717) is 5.69 Å². The number of nitrogens with one attached hydrogen (secondary N) is 1. The summed E-state index contributed by atoms with van der Waals surface area (Å²) in [6.07, 6.45) is 3.49. The fraction of sp³-hybridized carbons (Fsp3) is 0.176. The minimum Gasteiger partial charge on any atom is -0.351 e. The molecule has 1 unspecified atom stereocenters. The fourth-order valence-electron chi connectivity index (χ4n) is 2.42. The van der Waals surface area contributed by atoms with Crippen LogP contribution >= 0.6 is 0 Å². The van der Waals surface area contributed by atoms with Crippen molar-refractivity contribution < 1.29 is 4.79 Å². The Labute approximate surface area is 123 Å². The van der Waals surface area contributed by atoms with Crippen LogP contribution in [0.1, 0.15) is 29.0 Å². The molecule has 3 rings (SSSR count). The summed E-state index contributed by atoms with van der Waals surface area (Å²) in [5.41, 5.74) is 2.65. The number of benzene rings is 1. The first-order chi connectivity index (χ1) is 10.2. The average Bonchev–Trinajstić information content (AvgIpc) is 2.97. The second kappa shape index (κ2) is 5.40. The second-order valence-electron chi connectivity index (χ2n) is 5.14. The molecule has 106 valence electrons. The van der Waals surface area contributed by atoms with Gasteiger partial charge in [-0.25, -0.2) is 0 Å². The highest BCUT2D eigenvalue weighted by molar-refractivity contribution is 5.98. The van der Waals surface area contributed by atoms with Crippen molar-refractivity contribution in [1.29, 1.82) is 0 Å². The number of pyridine rings is 1. The van der Waals surface area contributed by atoms with Crippen molar-refractivity contribution in [2.75, 3.05) is 7.05 Å². The van der Waals surface area contributed by atoms with Gasteiger partial charge in [0, 0.05) is 30.3 Å². The molecule has 2 heterocycles. The van der Waals surface area contributed by atoms with Crippen LogP contribution in [0.25, 0.3) is 10.9 Å². The Kier molecular flexibility index (Phi) is 3.44. The number of rotatable bonds is 3. The van der Waals surface area contributed by atoms with E-state index in [1.54, 1.807) is 17.3 Å². The van der Waals surface area contributed by atoms with Crippen LogP contribution in [0, 0.1) is 0 Å². The summed E-state index contributed by atoms with van der Waals surface area (Å²) >= 11 is 0. The molecule has 0 saturated heterocycles. The van der Waals surface area contributed by atoms with Crippen LogP contribution < -0.4 is 0 Å². The third-order valence-electron chi connectivity index (χ3n) is 3.85. The van der Waals surface area contributed by atoms with E-state index in [9.17, 15) is 4.79 Å². The number of aromatic nitrogens is 2. The summed E-state index contributed by atoms with van der Waals surface area (Å²) in [5, 5.41) is 1.05. The Morgan fingerprint density at radius 2 is 1.90 bits per heavy atom. The lowest BCUT2D eigenvalue weighted by Crippen LogP contribution is -2.29. The molecule has 0 saturated carbocycles. The number of nitrogens with zero attached hydrogens (tertiary/aromatic N) is 2. The van der Waals surface area contributed by atoms with Gasteiger partial charge in [-0.15, -0.1) is 0 Å². The highest BCUT2D eigenvalue weighted by atomic mass is 16.2. The van der Waals surface area contributed by atoms with Crippen LogP contribution in [-0.4, -0.2) is 27.8 Å². The summed E-state index contributed by atoms with van der Waals surface area (Å²) in [7, 11) is 1.82. The van der Waals surface area contributed by atoms with Gasteiger partial charge in [-0.1, -0.05) is 18.2 Å². The Bertz CT molecular complexity index is 731. The van der Waals surface area contributed by atoms with Gasteiger partial charge < -0.3 is 9.88 Å². The maximum Gasteiger partial charge on any atom is 0.270 e. The van der Waals surface area contributed by atoms with Crippen LogP contribution in [-0.2, 0) is 0 Å². The molecule has 0 spiro atoms. The second-order valence-corrected chi connectivity index (χ2v) is 5.14. The average molecular weight is 279 g/mol. The van der Waals surface area contributed by atoms with E-state index >= 15 is 0 Å². The number of amides is 1. The van der Waals surface area contributed by atoms with Gasteiger partial charge in [0.05, 0.1) is 6.04 Å². The lowest BCUT2D eigenvalue weighted by molar-refractivity contribution is 0.0737. The van der Waals surface area contributed by atoms with Crippen molar-refractivity contribution >= 4 is 16.8 Å². The van der Waals surface area contributed by atoms with Gasteiger partial charge in [-0.3, -0.25) is 9.78 Å². The molecule has 1 amide bonds. The zero-order valence-electron chi connectivity index (χ0n) is 12.1. The summed E-state index contributed by atoms with van der Waals surface area (Å²) in [5.74, 6) is -0.0180. The molecule has 21 heavy (non-hydrogen) atoms. The molecule has 0 fully saturated rings. The Hall–Kier alpha value is -2.62. The predicted molar refractivity (Wildman–Crippen MR) is 83.0 cm³/mol. The Morgan fingerprint density at radius 1 is 1.19 bits per heavy atom. The minimum absolute atomic E-state index is 0.00749. The molecule has 2 aromatic heterocycles. The Morgan fingerprint density at radius 3 is 2.62 bits per heavy atom. The van der Waals surface area contributed by atoms with Crippen LogP contribution in [0.5, 0.6) is 0 Å². The molecule has 3 aromatic rings. The SMILES string of the molecule is CC(c1ccncc1)N(C)C(=O)c1cc2ccccc2[nH]1. The van der Waals surface area contributed by atoms with E-state index in [-0.39, 0.29) is 11.9 Å². The lowest BCUT2D eigenvalue weighted by atomic mass is 10.1. The highest BCUT2D eigenvalue weighted by Crippen LogP contribution is 2.21. The number of hydrogen-bond acceptors (Lipinski definition) is 2. The quantitative estimate of drug-likeness (QED) is 0.799. The molecule has 0 aliphatic rings. The summed E-state index contributed by atoms with van der Waals surface area (Å²) < 4.78 is 0. The van der Waals surface area contributed by atoms with E-state index in [1.807, 2.05) is 56.4 Å². The predicted octanol–water partition coefficient (Wildman–Crippen LogP) is 3.40. The normalized spacial score (nSPS) is 12.3. The highest BCUT2D eigenvalue weighted by Gasteiger charge is 2.20. The number of carbonyl (C=O) groups is 1. The standard InChI is InChI=1S/C17H17N3O/c1-12(13-7-9-18-10-8-13)20(2)17(21)16-11-14-5-3-4-6-15(14)19-16/h3-12,19H,1-2H3. The van der Waals surface area contributed by atoms with Crippen molar-refractivity contribution in [2.24, 2.45) is 0 Å². The molecule has 4 heteroatoms. The number of carbonyl (C=O) groups excluding carboxylic acids is 1. The van der Waals surface area contributed by atoms with E-state index in [0.717, 1.165) is 16.5 Å². The van der Waals surface area contributed by atoms with Gasteiger partial charge in [-0.05, 0) is 36.8 Å². The number of aromatic amines is 1. The summed E-state index contributed by atoms with van der Waals surface area (Å²) in [4.78, 5) is 21.5.